The highest BCUT2D eigenvalue weighted by atomic mass is 79.9. The molecule has 1 unspecified atom stereocenters. The second-order valence-electron chi connectivity index (χ2n) is 4.10. The van der Waals surface area contributed by atoms with E-state index in [9.17, 15) is 8.42 Å². The quantitative estimate of drug-likeness (QED) is 0.868. The third-order valence-electron chi connectivity index (χ3n) is 2.27. The second kappa shape index (κ2) is 5.95. The molecule has 0 aromatic heterocycles. The van der Waals surface area contributed by atoms with Gasteiger partial charge in [-0.05, 0) is 53.9 Å². The lowest BCUT2D eigenvalue weighted by Crippen LogP contribution is -2.29. The van der Waals surface area contributed by atoms with Crippen LogP contribution in [0.5, 0.6) is 0 Å². The summed E-state index contributed by atoms with van der Waals surface area (Å²) in [6, 6.07) is 5.12. The van der Waals surface area contributed by atoms with Crippen molar-refractivity contribution in [2.75, 3.05) is 6.54 Å². The van der Waals surface area contributed by atoms with E-state index in [1.165, 1.54) is 0 Å². The molecule has 1 aromatic rings. The van der Waals surface area contributed by atoms with Crippen LogP contribution in [0.3, 0.4) is 0 Å². The highest BCUT2D eigenvalue weighted by molar-refractivity contribution is 9.10. The third-order valence-corrected chi connectivity index (χ3v) is 4.71. The van der Waals surface area contributed by atoms with Gasteiger partial charge in [-0.2, -0.15) is 0 Å². The molecule has 4 nitrogen and oxygen atoms in total. The van der Waals surface area contributed by atoms with Gasteiger partial charge in [0.05, 0.1) is 4.90 Å². The Balaban J connectivity index is 2.83. The molecule has 1 atom stereocenters. The van der Waals surface area contributed by atoms with Crippen LogP contribution in [0.25, 0.3) is 0 Å². The Morgan fingerprint density at radius 2 is 2.12 bits per heavy atom. The number of nitrogens with two attached hydrogens (primary N) is 1. The number of nitrogens with one attached hydrogen (secondary N) is 1. The molecule has 3 N–H and O–H groups in total. The molecule has 0 aliphatic carbocycles. The Bertz CT molecular complexity index is 486. The summed E-state index contributed by atoms with van der Waals surface area (Å²) in [5.74, 6) is 0. The zero-order valence-electron chi connectivity index (χ0n) is 9.90. The van der Waals surface area contributed by atoms with Crippen LogP contribution in [-0.2, 0) is 10.0 Å². The van der Waals surface area contributed by atoms with E-state index < -0.39 is 10.0 Å². The highest BCUT2D eigenvalue weighted by Crippen LogP contribution is 2.22. The van der Waals surface area contributed by atoms with Crippen molar-refractivity contribution in [2.24, 2.45) is 5.73 Å². The fraction of sp³-hybridized carbons (Fsp3) is 0.455. The van der Waals surface area contributed by atoms with Crippen LogP contribution in [0.15, 0.2) is 27.6 Å². The summed E-state index contributed by atoms with van der Waals surface area (Å²) in [7, 11) is -3.46. The Hall–Kier alpha value is -0.430. The number of sulfonamides is 1. The van der Waals surface area contributed by atoms with Gasteiger partial charge in [0.15, 0.2) is 0 Å². The molecular weight excluding hydrogens is 304 g/mol. The minimum atomic E-state index is -3.46. The van der Waals surface area contributed by atoms with Crippen molar-refractivity contribution in [3.8, 4) is 0 Å². The number of hydrogen-bond acceptors (Lipinski definition) is 3. The Kier molecular flexibility index (Phi) is 5.12. The lowest BCUT2D eigenvalue weighted by Gasteiger charge is -2.10. The molecule has 0 aliphatic heterocycles. The van der Waals surface area contributed by atoms with Gasteiger partial charge >= 0.3 is 0 Å². The van der Waals surface area contributed by atoms with Crippen molar-refractivity contribution in [1.82, 2.24) is 4.72 Å². The molecule has 0 radical (unpaired) electrons. The Morgan fingerprint density at radius 1 is 1.47 bits per heavy atom. The van der Waals surface area contributed by atoms with E-state index in [0.29, 0.717) is 17.4 Å². The normalized spacial score (nSPS) is 13.6. The van der Waals surface area contributed by atoms with Crippen molar-refractivity contribution in [3.05, 3.63) is 28.2 Å². The van der Waals surface area contributed by atoms with Crippen molar-refractivity contribution >= 4 is 26.0 Å². The monoisotopic (exact) mass is 320 g/mol. The fourth-order valence-corrected chi connectivity index (χ4v) is 3.56. The maximum absolute atomic E-state index is 12.0. The smallest absolute Gasteiger partial charge is 0.241 e. The predicted molar refractivity (Wildman–Crippen MR) is 72.3 cm³/mol. The molecule has 1 rings (SSSR count). The number of rotatable bonds is 5. The Labute approximate surface area is 111 Å². The largest absolute Gasteiger partial charge is 0.328 e. The SMILES string of the molecule is Cc1ccc(S(=O)(=O)NCCC(C)N)c(Br)c1. The molecule has 6 heteroatoms. The van der Waals surface area contributed by atoms with Crippen LogP contribution in [0.2, 0.25) is 0 Å². The van der Waals surface area contributed by atoms with E-state index in [4.69, 9.17) is 5.73 Å². The van der Waals surface area contributed by atoms with Crippen LogP contribution in [0.4, 0.5) is 0 Å². The molecule has 1 aromatic carbocycles. The fourth-order valence-electron chi connectivity index (χ4n) is 1.32. The van der Waals surface area contributed by atoms with Gasteiger partial charge in [-0.25, -0.2) is 13.1 Å². The zero-order valence-corrected chi connectivity index (χ0v) is 12.3. The van der Waals surface area contributed by atoms with Crippen LogP contribution in [-0.4, -0.2) is 21.0 Å². The summed E-state index contributed by atoms with van der Waals surface area (Å²) < 4.78 is 27.0. The lowest BCUT2D eigenvalue weighted by atomic mass is 10.2. The molecule has 0 fully saturated rings. The van der Waals surface area contributed by atoms with Gasteiger partial charge < -0.3 is 5.73 Å². The molecule has 17 heavy (non-hydrogen) atoms. The summed E-state index contributed by atoms with van der Waals surface area (Å²) in [6.45, 7) is 4.10. The lowest BCUT2D eigenvalue weighted by molar-refractivity contribution is 0.571. The molecule has 0 spiro atoms. The molecule has 0 amide bonds. The zero-order chi connectivity index (χ0) is 13.1. The number of hydrogen-bond donors (Lipinski definition) is 2. The van der Waals surface area contributed by atoms with E-state index in [0.717, 1.165) is 5.56 Å². The van der Waals surface area contributed by atoms with Gasteiger partial charge in [0.25, 0.3) is 0 Å². The average molecular weight is 321 g/mol. The van der Waals surface area contributed by atoms with Crippen molar-refractivity contribution in [2.45, 2.75) is 31.2 Å². The maximum atomic E-state index is 12.0. The summed E-state index contributed by atoms with van der Waals surface area (Å²) >= 11 is 3.26. The van der Waals surface area contributed by atoms with E-state index >= 15 is 0 Å². The van der Waals surface area contributed by atoms with Crippen LogP contribution in [0.1, 0.15) is 18.9 Å². The standard InChI is InChI=1S/C11H17BrN2O2S/c1-8-3-4-11(10(12)7-8)17(15,16)14-6-5-9(2)13/h3-4,7,9,14H,5-6,13H2,1-2H3. The molecule has 96 valence electrons. The van der Waals surface area contributed by atoms with Crippen molar-refractivity contribution < 1.29 is 8.42 Å². The van der Waals surface area contributed by atoms with E-state index in [1.54, 1.807) is 18.2 Å². The van der Waals surface area contributed by atoms with Crippen LogP contribution >= 0.6 is 15.9 Å². The minimum Gasteiger partial charge on any atom is -0.328 e. The molecule has 0 heterocycles. The predicted octanol–water partition coefficient (Wildman–Crippen LogP) is 1.77. The first-order valence-electron chi connectivity index (χ1n) is 5.34. The summed E-state index contributed by atoms with van der Waals surface area (Å²) in [6.07, 6.45) is 0.614. The van der Waals surface area contributed by atoms with Crippen molar-refractivity contribution in [1.29, 1.82) is 0 Å². The van der Waals surface area contributed by atoms with Gasteiger partial charge in [-0.15, -0.1) is 0 Å². The second-order valence-corrected chi connectivity index (χ2v) is 6.69. The first kappa shape index (κ1) is 14.6. The molecule has 0 aliphatic rings. The molecular formula is C11H17BrN2O2S. The van der Waals surface area contributed by atoms with Gasteiger partial charge in [0.1, 0.15) is 0 Å². The average Bonchev–Trinajstić information content (AvgIpc) is 2.15. The molecule has 0 saturated heterocycles. The van der Waals surface area contributed by atoms with Crippen LogP contribution in [0, 0.1) is 6.92 Å². The first-order valence-corrected chi connectivity index (χ1v) is 7.62. The van der Waals surface area contributed by atoms with Crippen LogP contribution < -0.4 is 10.5 Å². The third kappa shape index (κ3) is 4.39. The highest BCUT2D eigenvalue weighted by Gasteiger charge is 2.16. The molecule has 0 bridgehead atoms. The van der Waals surface area contributed by atoms with Gasteiger partial charge in [-0.3, -0.25) is 0 Å². The minimum absolute atomic E-state index is 0.0147. The van der Waals surface area contributed by atoms with Gasteiger partial charge in [0.2, 0.25) is 10.0 Å². The summed E-state index contributed by atoms with van der Waals surface area (Å²) in [5, 5.41) is 0. The summed E-state index contributed by atoms with van der Waals surface area (Å²) in [5.41, 5.74) is 6.57. The van der Waals surface area contributed by atoms with Crippen molar-refractivity contribution in [3.63, 3.8) is 0 Å². The topological polar surface area (TPSA) is 72.2 Å². The number of aryl methyl sites for hydroxylation is 1. The maximum Gasteiger partial charge on any atom is 0.241 e. The number of benzene rings is 1. The number of halogens is 1. The van der Waals surface area contributed by atoms with Gasteiger partial charge in [0, 0.05) is 17.1 Å². The van der Waals surface area contributed by atoms with Gasteiger partial charge in [-0.1, -0.05) is 6.07 Å². The van der Waals surface area contributed by atoms with E-state index in [1.807, 2.05) is 13.8 Å². The Morgan fingerprint density at radius 3 is 2.65 bits per heavy atom. The summed E-state index contributed by atoms with van der Waals surface area (Å²) in [4.78, 5) is 0.257. The van der Waals surface area contributed by atoms with E-state index in [-0.39, 0.29) is 10.9 Å². The molecule has 0 saturated carbocycles. The first-order chi connectivity index (χ1) is 7.83. The van der Waals surface area contributed by atoms with E-state index in [2.05, 4.69) is 20.7 Å².